The van der Waals surface area contributed by atoms with E-state index in [0.717, 1.165) is 0 Å². The Balaban J connectivity index is 2.86. The van der Waals surface area contributed by atoms with Crippen LogP contribution in [0, 0.1) is 0 Å². The molecule has 2 nitrogen and oxygen atoms in total. The fraction of sp³-hybridized carbons (Fsp3) is 0.300. The maximum atomic E-state index is 12.5. The summed E-state index contributed by atoms with van der Waals surface area (Å²) in [4.78, 5) is 11.0. The molecular formula is C10H5ClF6O2. The van der Waals surface area contributed by atoms with Crippen molar-refractivity contribution in [3.63, 3.8) is 0 Å². The van der Waals surface area contributed by atoms with E-state index >= 15 is 0 Å². The van der Waals surface area contributed by atoms with Crippen molar-refractivity contribution in [3.8, 4) is 5.75 Å². The van der Waals surface area contributed by atoms with Crippen molar-refractivity contribution < 1.29 is 35.9 Å². The number of carbonyl (C=O) groups is 1. The quantitative estimate of drug-likeness (QED) is 0.468. The van der Waals surface area contributed by atoms with Gasteiger partial charge in [-0.3, -0.25) is 4.79 Å². The lowest BCUT2D eigenvalue weighted by Crippen LogP contribution is -2.33. The van der Waals surface area contributed by atoms with Gasteiger partial charge in [0.05, 0.1) is 0 Å². The largest absolute Gasteiger partial charge is 0.461 e. The monoisotopic (exact) mass is 306 g/mol. The van der Waals surface area contributed by atoms with Crippen molar-refractivity contribution in [2.75, 3.05) is 0 Å². The van der Waals surface area contributed by atoms with Gasteiger partial charge in [-0.25, -0.2) is 0 Å². The highest BCUT2D eigenvalue weighted by Crippen LogP contribution is 2.29. The fourth-order valence-corrected chi connectivity index (χ4v) is 1.15. The van der Waals surface area contributed by atoms with Crippen molar-refractivity contribution in [3.05, 3.63) is 29.8 Å². The molecule has 0 fully saturated rings. The highest BCUT2D eigenvalue weighted by Gasteiger charge is 2.44. The molecule has 1 rings (SSSR count). The number of hydrogen-bond donors (Lipinski definition) is 0. The zero-order chi connectivity index (χ0) is 14.8. The molecule has 0 atom stereocenters. The molecule has 0 N–H and O–H groups in total. The second kappa shape index (κ2) is 5.28. The summed E-state index contributed by atoms with van der Waals surface area (Å²) < 4.78 is 77.2. The van der Waals surface area contributed by atoms with Crippen LogP contribution in [0.15, 0.2) is 24.3 Å². The Bertz CT molecular complexity index is 454. The summed E-state index contributed by atoms with van der Waals surface area (Å²) >= 11 is 4.47. The molecule has 0 unspecified atom stereocenters. The van der Waals surface area contributed by atoms with Crippen LogP contribution in [0.3, 0.4) is 0 Å². The molecule has 0 spiro atoms. The molecule has 0 aliphatic carbocycles. The predicted molar refractivity (Wildman–Crippen MR) is 53.2 cm³/mol. The summed E-state index contributed by atoms with van der Waals surface area (Å²) in [5, 5.41) is -4.14. The van der Waals surface area contributed by atoms with Gasteiger partial charge in [0.25, 0.3) is 0 Å². The third-order valence-corrected chi connectivity index (χ3v) is 2.05. The zero-order valence-electron chi connectivity index (χ0n) is 8.85. The summed E-state index contributed by atoms with van der Waals surface area (Å²) in [5.41, 5.74) is -0.576. The molecule has 0 saturated heterocycles. The Hall–Kier alpha value is -1.44. The van der Waals surface area contributed by atoms with E-state index in [-0.39, 0.29) is 0 Å². The van der Waals surface area contributed by atoms with Crippen LogP contribution < -0.4 is 4.74 Å². The van der Waals surface area contributed by atoms with Gasteiger partial charge < -0.3 is 4.74 Å². The molecule has 0 aromatic heterocycles. The highest BCUT2D eigenvalue weighted by molar-refractivity contribution is 6.35. The van der Waals surface area contributed by atoms with Crippen molar-refractivity contribution >= 4 is 17.4 Å². The van der Waals surface area contributed by atoms with Crippen molar-refractivity contribution in [1.82, 2.24) is 0 Å². The average Bonchev–Trinajstić information content (AvgIpc) is 2.27. The van der Waals surface area contributed by atoms with Crippen LogP contribution in [0.1, 0.15) is 10.4 Å². The number of halogens is 7. The minimum absolute atomic E-state index is 0.576. The zero-order valence-corrected chi connectivity index (χ0v) is 9.60. The van der Waals surface area contributed by atoms with E-state index in [1.54, 1.807) is 0 Å². The first-order chi connectivity index (χ1) is 8.54. The number of hydrogen-bond acceptors (Lipinski definition) is 2. The Morgan fingerprint density at radius 1 is 1.11 bits per heavy atom. The Morgan fingerprint density at radius 3 is 1.95 bits per heavy atom. The summed E-state index contributed by atoms with van der Waals surface area (Å²) in [5.74, 6) is -2.46. The van der Waals surface area contributed by atoms with E-state index in [2.05, 4.69) is 16.3 Å². The van der Waals surface area contributed by atoms with Crippen LogP contribution in [0.25, 0.3) is 0 Å². The van der Waals surface area contributed by atoms with Crippen LogP contribution >= 0.6 is 11.6 Å². The van der Waals surface area contributed by atoms with Gasteiger partial charge in [-0.05, 0) is 35.9 Å². The summed E-state index contributed by atoms with van der Waals surface area (Å²) in [6.07, 6.45) is -8.77. The first-order valence-electron chi connectivity index (χ1n) is 4.60. The smallest absolute Gasteiger partial charge is 0.428 e. The molecule has 0 aliphatic heterocycles. The number of ketones is 1. The minimum atomic E-state index is -4.72. The van der Waals surface area contributed by atoms with Crippen LogP contribution in [-0.2, 0) is 0 Å². The van der Waals surface area contributed by atoms with Gasteiger partial charge in [-0.2, -0.15) is 26.3 Å². The maximum absolute atomic E-state index is 12.5. The highest BCUT2D eigenvalue weighted by atomic mass is 35.5. The molecule has 0 radical (unpaired) electrons. The molecule has 1 aromatic rings. The minimum Gasteiger partial charge on any atom is -0.428 e. The third kappa shape index (κ3) is 4.02. The maximum Gasteiger partial charge on any atom is 0.461 e. The first-order valence-corrected chi connectivity index (χ1v) is 4.98. The second-order valence-electron chi connectivity index (χ2n) is 3.32. The van der Waals surface area contributed by atoms with E-state index in [4.69, 9.17) is 0 Å². The van der Waals surface area contributed by atoms with E-state index < -0.39 is 35.0 Å². The second-order valence-corrected chi connectivity index (χ2v) is 3.79. The molecular weight excluding hydrogens is 302 g/mol. The lowest BCUT2D eigenvalue weighted by Gasteiger charge is -2.16. The Morgan fingerprint density at radius 2 is 1.58 bits per heavy atom. The first kappa shape index (κ1) is 15.6. The van der Waals surface area contributed by atoms with E-state index in [1.807, 2.05) is 0 Å². The summed E-state index contributed by atoms with van der Waals surface area (Å²) in [7, 11) is 0. The van der Waals surface area contributed by atoms with Gasteiger partial charge >= 0.3 is 17.9 Å². The predicted octanol–water partition coefficient (Wildman–Crippen LogP) is 3.94. The molecule has 0 saturated carbocycles. The molecule has 1 aromatic carbocycles. The number of benzene rings is 1. The number of alkyl halides is 7. The average molecular weight is 307 g/mol. The van der Waals surface area contributed by atoms with Crippen LogP contribution in [-0.4, -0.2) is 23.7 Å². The van der Waals surface area contributed by atoms with Gasteiger partial charge in [-0.15, -0.1) is 0 Å². The van der Waals surface area contributed by atoms with Crippen molar-refractivity contribution in [2.24, 2.45) is 0 Å². The Labute approximate surface area is 107 Å². The standard InChI is InChI=1S/C10H5ClF6O2/c11-9(14,15)7(18)5-1-3-6(4-2-5)19-10(16,17)8(12)13/h1-4,8H. The number of ether oxygens (including phenoxy) is 1. The number of Topliss-reactive ketones (excluding diaryl/α,β-unsaturated/α-hetero) is 1. The normalized spacial score (nSPS) is 12.6. The van der Waals surface area contributed by atoms with Crippen molar-refractivity contribution in [1.29, 1.82) is 0 Å². The Kier molecular flexibility index (Phi) is 4.34. The van der Waals surface area contributed by atoms with E-state index in [0.29, 0.717) is 24.3 Å². The summed E-state index contributed by atoms with van der Waals surface area (Å²) in [6, 6.07) is 2.75. The summed E-state index contributed by atoms with van der Waals surface area (Å²) in [6.45, 7) is 0. The van der Waals surface area contributed by atoms with Gasteiger partial charge in [0.2, 0.25) is 5.78 Å². The van der Waals surface area contributed by atoms with Gasteiger partial charge in [0, 0.05) is 5.56 Å². The van der Waals surface area contributed by atoms with Crippen LogP contribution in [0.5, 0.6) is 5.75 Å². The molecule has 0 amide bonds. The van der Waals surface area contributed by atoms with Gasteiger partial charge in [0.1, 0.15) is 5.75 Å². The topological polar surface area (TPSA) is 26.3 Å². The van der Waals surface area contributed by atoms with E-state index in [9.17, 15) is 31.1 Å². The van der Waals surface area contributed by atoms with Crippen molar-refractivity contribution in [2.45, 2.75) is 17.9 Å². The van der Waals surface area contributed by atoms with Crippen LogP contribution in [0.2, 0.25) is 0 Å². The third-order valence-electron chi connectivity index (χ3n) is 1.88. The number of rotatable bonds is 5. The van der Waals surface area contributed by atoms with E-state index in [1.165, 1.54) is 0 Å². The van der Waals surface area contributed by atoms with Gasteiger partial charge in [0.15, 0.2) is 0 Å². The lowest BCUT2D eigenvalue weighted by molar-refractivity contribution is -0.253. The lowest BCUT2D eigenvalue weighted by atomic mass is 10.1. The molecule has 19 heavy (non-hydrogen) atoms. The molecule has 0 aliphatic rings. The molecule has 0 bridgehead atoms. The molecule has 9 heteroatoms. The molecule has 0 heterocycles. The van der Waals surface area contributed by atoms with Crippen LogP contribution in [0.4, 0.5) is 26.3 Å². The van der Waals surface area contributed by atoms with Gasteiger partial charge in [-0.1, -0.05) is 0 Å². The number of carbonyl (C=O) groups excluding carboxylic acids is 1. The SMILES string of the molecule is O=C(c1ccc(OC(F)(F)C(F)F)cc1)C(F)(F)Cl. The molecule has 106 valence electrons. The fourth-order valence-electron chi connectivity index (χ4n) is 1.04.